The Bertz CT molecular complexity index is 2760. The maximum atomic E-state index is 9.09. The lowest BCUT2D eigenvalue weighted by atomic mass is 9.96. The van der Waals surface area contributed by atoms with Gasteiger partial charge in [0.2, 0.25) is 0 Å². The van der Waals surface area contributed by atoms with Crippen LogP contribution in [0, 0.1) is 0 Å². The van der Waals surface area contributed by atoms with Crippen molar-refractivity contribution in [3.63, 3.8) is 0 Å². The minimum absolute atomic E-state index is 0.0143. The van der Waals surface area contributed by atoms with Crippen LogP contribution in [0.15, 0.2) is 144 Å². The smallest absolute Gasteiger partial charge is 0.164 e. The van der Waals surface area contributed by atoms with E-state index in [0.717, 1.165) is 43.4 Å². The zero-order valence-electron chi connectivity index (χ0n) is 26.7. The molecule has 0 bridgehead atoms. The highest BCUT2D eigenvalue weighted by Gasteiger charge is 2.19. The molecular formula is C39H23N3O. The highest BCUT2D eigenvalue weighted by Crippen LogP contribution is 2.38. The molecule has 0 unspecified atom stereocenters. The third kappa shape index (κ3) is 3.81. The second-order valence-electron chi connectivity index (χ2n) is 10.5. The van der Waals surface area contributed by atoms with Crippen LogP contribution >= 0.6 is 0 Å². The van der Waals surface area contributed by atoms with Gasteiger partial charge in [-0.1, -0.05) is 115 Å². The second kappa shape index (κ2) is 9.33. The number of para-hydroxylation sites is 1. The van der Waals surface area contributed by atoms with E-state index in [9.17, 15) is 0 Å². The SMILES string of the molecule is [2H]c1cc([2H])c2oc3c([2H])cc([2H])c(-c4nc(-c5ccc6ccccc6c5)nc(-c5cc6ccccc6c6ccccc56)n4)c3c2c1. The van der Waals surface area contributed by atoms with Crippen molar-refractivity contribution < 1.29 is 9.90 Å². The van der Waals surface area contributed by atoms with Gasteiger partial charge in [0.1, 0.15) is 11.2 Å². The summed E-state index contributed by atoms with van der Waals surface area (Å²) in [7, 11) is 0. The van der Waals surface area contributed by atoms with E-state index >= 15 is 0 Å². The zero-order valence-corrected chi connectivity index (χ0v) is 22.7. The summed E-state index contributed by atoms with van der Waals surface area (Å²) < 4.78 is 40.6. The number of hydrogen-bond acceptors (Lipinski definition) is 4. The van der Waals surface area contributed by atoms with Gasteiger partial charge < -0.3 is 4.42 Å². The Hall–Kier alpha value is -5.87. The Morgan fingerprint density at radius 3 is 2.05 bits per heavy atom. The van der Waals surface area contributed by atoms with Gasteiger partial charge in [-0.05, 0) is 56.5 Å². The average molecular weight is 554 g/mol. The van der Waals surface area contributed by atoms with Crippen molar-refractivity contribution in [2.45, 2.75) is 0 Å². The van der Waals surface area contributed by atoms with Gasteiger partial charge in [0.05, 0.1) is 5.48 Å². The Kier molecular flexibility index (Phi) is 4.36. The molecule has 0 aliphatic carbocycles. The van der Waals surface area contributed by atoms with Gasteiger partial charge in [-0.3, -0.25) is 0 Å². The average Bonchev–Trinajstić information content (AvgIpc) is 3.47. The third-order valence-corrected chi connectivity index (χ3v) is 8.00. The number of furan rings is 1. The Morgan fingerprint density at radius 2 is 1.16 bits per heavy atom. The van der Waals surface area contributed by atoms with E-state index in [2.05, 4.69) is 36.4 Å². The fourth-order valence-corrected chi connectivity index (χ4v) is 6.00. The summed E-state index contributed by atoms with van der Waals surface area (Å²) in [5.41, 5.74) is 2.44. The third-order valence-electron chi connectivity index (χ3n) is 8.00. The minimum Gasteiger partial charge on any atom is -0.456 e. The van der Waals surface area contributed by atoms with Crippen molar-refractivity contribution in [3.8, 4) is 34.2 Å². The molecule has 0 fully saturated rings. The van der Waals surface area contributed by atoms with Crippen LogP contribution in [0.5, 0.6) is 0 Å². The molecule has 200 valence electrons. The van der Waals surface area contributed by atoms with Crippen LogP contribution in [-0.2, 0) is 0 Å². The maximum absolute atomic E-state index is 9.09. The number of aromatic nitrogens is 3. The van der Waals surface area contributed by atoms with Gasteiger partial charge in [-0.15, -0.1) is 0 Å². The van der Waals surface area contributed by atoms with Crippen molar-refractivity contribution in [1.82, 2.24) is 15.0 Å². The summed E-state index contributed by atoms with van der Waals surface area (Å²) in [6, 6.07) is 37.3. The molecule has 43 heavy (non-hydrogen) atoms. The molecule has 0 radical (unpaired) electrons. The summed E-state index contributed by atoms with van der Waals surface area (Å²) in [4.78, 5) is 15.1. The van der Waals surface area contributed by atoms with Crippen molar-refractivity contribution in [2.24, 2.45) is 0 Å². The molecule has 7 aromatic carbocycles. The van der Waals surface area contributed by atoms with Crippen molar-refractivity contribution in [2.75, 3.05) is 0 Å². The number of fused-ring (bicyclic) bond motifs is 7. The summed E-state index contributed by atoms with van der Waals surface area (Å²) >= 11 is 0. The molecule has 0 spiro atoms. The normalized spacial score (nSPS) is 13.0. The van der Waals surface area contributed by atoms with Crippen LogP contribution in [0.25, 0.3) is 88.4 Å². The first-order chi connectivity index (χ1) is 22.9. The first-order valence-electron chi connectivity index (χ1n) is 16.0. The quantitative estimate of drug-likeness (QED) is 0.204. The largest absolute Gasteiger partial charge is 0.456 e. The predicted octanol–water partition coefficient (Wildman–Crippen LogP) is 10.2. The van der Waals surface area contributed by atoms with E-state index in [4.69, 9.17) is 24.9 Å². The zero-order chi connectivity index (χ0) is 31.8. The monoisotopic (exact) mass is 553 g/mol. The highest BCUT2D eigenvalue weighted by molar-refractivity contribution is 6.14. The van der Waals surface area contributed by atoms with Crippen LogP contribution in [0.2, 0.25) is 0 Å². The number of hydrogen-bond donors (Lipinski definition) is 0. The molecule has 0 aliphatic heterocycles. The topological polar surface area (TPSA) is 51.8 Å². The highest BCUT2D eigenvalue weighted by atomic mass is 16.3. The van der Waals surface area contributed by atoms with Gasteiger partial charge in [-0.25, -0.2) is 15.0 Å². The molecule has 2 aromatic heterocycles. The molecule has 0 amide bonds. The molecule has 0 atom stereocenters. The summed E-state index contributed by atoms with van der Waals surface area (Å²) in [6.07, 6.45) is 0. The fraction of sp³-hybridized carbons (Fsp3) is 0. The van der Waals surface area contributed by atoms with E-state index in [1.807, 2.05) is 60.7 Å². The van der Waals surface area contributed by atoms with E-state index < -0.39 is 0 Å². The van der Waals surface area contributed by atoms with Crippen LogP contribution in [0.3, 0.4) is 0 Å². The van der Waals surface area contributed by atoms with Gasteiger partial charge in [0, 0.05) is 27.5 Å². The fourth-order valence-electron chi connectivity index (χ4n) is 6.00. The molecule has 0 saturated carbocycles. The van der Waals surface area contributed by atoms with E-state index in [1.54, 1.807) is 6.07 Å². The van der Waals surface area contributed by atoms with Crippen molar-refractivity contribution in [3.05, 3.63) is 139 Å². The first kappa shape index (κ1) is 20.1. The minimum atomic E-state index is 0.0143. The molecule has 9 rings (SSSR count). The van der Waals surface area contributed by atoms with Crippen LogP contribution in [-0.4, -0.2) is 15.0 Å². The molecule has 0 N–H and O–H groups in total. The number of benzene rings is 7. The second-order valence-corrected chi connectivity index (χ2v) is 10.5. The first-order valence-corrected chi connectivity index (χ1v) is 14.0. The predicted molar refractivity (Wildman–Crippen MR) is 176 cm³/mol. The van der Waals surface area contributed by atoms with Crippen LogP contribution < -0.4 is 0 Å². The van der Waals surface area contributed by atoms with Gasteiger partial charge in [0.25, 0.3) is 0 Å². The molecule has 4 heteroatoms. The van der Waals surface area contributed by atoms with Gasteiger partial charge in [0.15, 0.2) is 17.5 Å². The molecule has 0 aliphatic rings. The standard InChI is InChI=1S/C39H23N3O/c1-2-11-25-22-27(21-20-24(25)10-1)37-40-38(32-17-9-19-35-36(32)31-16-7-8-18-34(31)43-35)42-39(41-37)33-23-26-12-3-4-13-28(26)29-14-5-6-15-30(29)33/h1-23H/i7D,17D,18D,19D. The van der Waals surface area contributed by atoms with E-state index in [-0.39, 0.29) is 41.2 Å². The van der Waals surface area contributed by atoms with Crippen molar-refractivity contribution >= 4 is 54.3 Å². The maximum Gasteiger partial charge on any atom is 0.164 e. The Morgan fingerprint density at radius 1 is 0.465 bits per heavy atom. The lowest BCUT2D eigenvalue weighted by molar-refractivity contribution is 0.669. The number of rotatable bonds is 3. The molecule has 4 nitrogen and oxygen atoms in total. The van der Waals surface area contributed by atoms with Crippen LogP contribution in [0.4, 0.5) is 0 Å². The lowest BCUT2D eigenvalue weighted by Gasteiger charge is -2.13. The Labute approximate surface area is 252 Å². The molecule has 0 saturated heterocycles. The Balaban J connectivity index is 1.41. The summed E-state index contributed by atoms with van der Waals surface area (Å²) in [5.74, 6) is 1.12. The summed E-state index contributed by atoms with van der Waals surface area (Å²) in [5, 5.41) is 7.27. The molecule has 9 aromatic rings. The molecule has 2 heterocycles. The van der Waals surface area contributed by atoms with Crippen molar-refractivity contribution in [1.29, 1.82) is 0 Å². The lowest BCUT2D eigenvalue weighted by Crippen LogP contribution is -2.01. The van der Waals surface area contributed by atoms with E-state index in [1.165, 1.54) is 12.1 Å². The summed E-state index contributed by atoms with van der Waals surface area (Å²) in [6.45, 7) is 0. The van der Waals surface area contributed by atoms with E-state index in [0.29, 0.717) is 28.0 Å². The van der Waals surface area contributed by atoms with Gasteiger partial charge >= 0.3 is 0 Å². The van der Waals surface area contributed by atoms with Crippen LogP contribution in [0.1, 0.15) is 5.48 Å². The van der Waals surface area contributed by atoms with Gasteiger partial charge in [-0.2, -0.15) is 0 Å². The molecular weight excluding hydrogens is 526 g/mol. The number of nitrogens with zero attached hydrogens (tertiary/aromatic N) is 3.